The summed E-state index contributed by atoms with van der Waals surface area (Å²) < 4.78 is 22.3. The van der Waals surface area contributed by atoms with Crippen LogP contribution in [0.5, 0.6) is 23.0 Å². The highest BCUT2D eigenvalue weighted by molar-refractivity contribution is 5.83. The quantitative estimate of drug-likeness (QED) is 0.493. The molecule has 0 radical (unpaired) electrons. The minimum Gasteiger partial charge on any atom is -0.493 e. The molecule has 192 valence electrons. The van der Waals surface area contributed by atoms with Gasteiger partial charge in [-0.15, -0.1) is 0 Å². The first-order chi connectivity index (χ1) is 17.5. The van der Waals surface area contributed by atoms with Crippen LogP contribution in [-0.4, -0.2) is 34.5 Å². The molecule has 2 amide bonds. The van der Waals surface area contributed by atoms with Crippen molar-refractivity contribution in [1.29, 1.82) is 0 Å². The van der Waals surface area contributed by atoms with Gasteiger partial charge in [0.05, 0.1) is 34.5 Å². The second-order valence-corrected chi connectivity index (χ2v) is 8.36. The van der Waals surface area contributed by atoms with E-state index in [1.54, 1.807) is 27.4 Å². The molecule has 1 aliphatic rings. The summed E-state index contributed by atoms with van der Waals surface area (Å²) in [4.78, 5) is 25.8. The van der Waals surface area contributed by atoms with Crippen LogP contribution in [0.1, 0.15) is 32.0 Å². The maximum Gasteiger partial charge on any atom is 0.315 e. The van der Waals surface area contributed by atoms with Gasteiger partial charge in [-0.3, -0.25) is 4.79 Å². The van der Waals surface area contributed by atoms with Gasteiger partial charge in [0.25, 0.3) is 0 Å². The average molecular weight is 495 g/mol. The van der Waals surface area contributed by atoms with Gasteiger partial charge in [-0.05, 0) is 53.3 Å². The topological polar surface area (TPSA) is 95.1 Å². The summed E-state index contributed by atoms with van der Waals surface area (Å²) in [6.45, 7) is 0.387. The zero-order valence-corrected chi connectivity index (χ0v) is 20.8. The zero-order chi connectivity index (χ0) is 25.7. The van der Waals surface area contributed by atoms with Gasteiger partial charge in [0.1, 0.15) is 0 Å². The number of rotatable bonds is 7. The number of urea groups is 1. The number of methoxy groups -OCH3 is 4. The van der Waals surface area contributed by atoms with Crippen molar-refractivity contribution in [2.45, 2.75) is 25.4 Å². The SMILES string of the molecule is COc1cc2c(c(OC)c1OC)-c1ccc(OC)c(=O)cc1C(NC(=O)NCc1ccccc1)CC2.[HH].[HH]. The van der Waals surface area contributed by atoms with E-state index in [0.29, 0.717) is 42.2 Å². The minimum absolute atomic E-state index is 0. The Bertz CT molecular complexity index is 1320. The van der Waals surface area contributed by atoms with Crippen LogP contribution >= 0.6 is 0 Å². The van der Waals surface area contributed by atoms with Crippen LogP contribution in [0.4, 0.5) is 4.79 Å². The molecule has 0 bridgehead atoms. The first-order valence-electron chi connectivity index (χ1n) is 11.6. The zero-order valence-electron chi connectivity index (χ0n) is 20.8. The average Bonchev–Trinajstić information content (AvgIpc) is 3.15. The summed E-state index contributed by atoms with van der Waals surface area (Å²) >= 11 is 0. The lowest BCUT2D eigenvalue weighted by molar-refractivity contribution is 0.236. The number of hydrogen-bond donors (Lipinski definition) is 2. The molecule has 1 unspecified atom stereocenters. The number of aryl methyl sites for hydroxylation is 1. The number of carbonyl (C=O) groups excluding carboxylic acids is 1. The minimum atomic E-state index is -0.435. The Labute approximate surface area is 213 Å². The molecule has 0 aliphatic heterocycles. The van der Waals surface area contributed by atoms with Crippen molar-refractivity contribution in [3.63, 3.8) is 0 Å². The number of amides is 2. The third-order valence-electron chi connectivity index (χ3n) is 6.32. The second-order valence-electron chi connectivity index (χ2n) is 8.36. The molecule has 0 heterocycles. The molecule has 4 rings (SSSR count). The molecule has 2 N–H and O–H groups in total. The number of benzene rings is 2. The number of ether oxygens (including phenoxy) is 4. The molecule has 0 fully saturated rings. The Morgan fingerprint density at radius 3 is 2.31 bits per heavy atom. The van der Waals surface area contributed by atoms with E-state index in [0.717, 1.165) is 22.3 Å². The van der Waals surface area contributed by atoms with Crippen molar-refractivity contribution < 1.29 is 26.6 Å². The highest BCUT2D eigenvalue weighted by Gasteiger charge is 2.29. The fraction of sp³-hybridized carbons (Fsp3) is 0.286. The van der Waals surface area contributed by atoms with E-state index in [1.165, 1.54) is 13.2 Å². The molecular weight excluding hydrogens is 460 g/mol. The van der Waals surface area contributed by atoms with Crippen LogP contribution in [0.25, 0.3) is 11.1 Å². The Balaban J connectivity index is 0.00000253. The maximum atomic E-state index is 12.9. The smallest absolute Gasteiger partial charge is 0.315 e. The molecule has 1 aliphatic carbocycles. The van der Waals surface area contributed by atoms with E-state index in [1.807, 2.05) is 42.5 Å². The first-order valence-corrected chi connectivity index (χ1v) is 11.6. The summed E-state index contributed by atoms with van der Waals surface area (Å²) in [5.74, 6) is 1.71. The van der Waals surface area contributed by atoms with Crippen molar-refractivity contribution in [2.75, 3.05) is 28.4 Å². The second kappa shape index (κ2) is 11.0. The highest BCUT2D eigenvalue weighted by Crippen LogP contribution is 2.50. The Kier molecular flexibility index (Phi) is 7.63. The highest BCUT2D eigenvalue weighted by atomic mass is 16.5. The summed E-state index contributed by atoms with van der Waals surface area (Å²) in [7, 11) is 6.15. The lowest BCUT2D eigenvalue weighted by Crippen LogP contribution is -2.37. The van der Waals surface area contributed by atoms with E-state index < -0.39 is 6.04 Å². The monoisotopic (exact) mass is 494 g/mol. The Morgan fingerprint density at radius 2 is 1.64 bits per heavy atom. The van der Waals surface area contributed by atoms with Crippen molar-refractivity contribution in [3.05, 3.63) is 81.5 Å². The molecule has 0 aromatic heterocycles. The van der Waals surface area contributed by atoms with Gasteiger partial charge in [0.2, 0.25) is 11.2 Å². The van der Waals surface area contributed by atoms with Crippen molar-refractivity contribution >= 4 is 6.03 Å². The number of carbonyl (C=O) groups is 1. The molecule has 36 heavy (non-hydrogen) atoms. The lowest BCUT2D eigenvalue weighted by Gasteiger charge is -2.20. The van der Waals surface area contributed by atoms with Gasteiger partial charge in [0.15, 0.2) is 17.2 Å². The van der Waals surface area contributed by atoms with Crippen molar-refractivity contribution in [3.8, 4) is 34.1 Å². The van der Waals surface area contributed by atoms with Crippen LogP contribution in [0, 0.1) is 0 Å². The van der Waals surface area contributed by atoms with Crippen molar-refractivity contribution in [1.82, 2.24) is 10.6 Å². The Morgan fingerprint density at radius 1 is 0.917 bits per heavy atom. The molecule has 0 saturated heterocycles. The standard InChI is InChI=1S/C28H30N2O6.2H2/c1-33-23-13-11-19-20(15-22(23)31)21(30-28(32)29-16-17-8-6-5-7-9-17)12-10-18-14-24(34-2)26(35-3)27(36-4)25(18)19;;/h5-9,11,13-15,21H,10,12,16H2,1-4H3,(H2,29,30,32);2*1H. The van der Waals surface area contributed by atoms with Gasteiger partial charge in [0, 0.05) is 15.0 Å². The predicted molar refractivity (Wildman–Crippen MR) is 141 cm³/mol. The largest absolute Gasteiger partial charge is 0.493 e. The normalized spacial score (nSPS) is 13.9. The van der Waals surface area contributed by atoms with E-state index in [2.05, 4.69) is 10.6 Å². The summed E-state index contributed by atoms with van der Waals surface area (Å²) in [5, 5.41) is 5.97. The molecule has 3 aromatic carbocycles. The fourth-order valence-electron chi connectivity index (χ4n) is 4.60. The van der Waals surface area contributed by atoms with Crippen LogP contribution in [0.2, 0.25) is 0 Å². The van der Waals surface area contributed by atoms with Crippen molar-refractivity contribution in [2.24, 2.45) is 0 Å². The van der Waals surface area contributed by atoms with E-state index >= 15 is 0 Å². The van der Waals surface area contributed by atoms with Gasteiger partial charge < -0.3 is 29.6 Å². The third-order valence-corrected chi connectivity index (χ3v) is 6.32. The van der Waals surface area contributed by atoms with E-state index in [4.69, 9.17) is 18.9 Å². The predicted octanol–water partition coefficient (Wildman–Crippen LogP) is 4.73. The molecule has 8 nitrogen and oxygen atoms in total. The van der Waals surface area contributed by atoms with Gasteiger partial charge in [-0.25, -0.2) is 4.79 Å². The number of fused-ring (bicyclic) bond motifs is 3. The molecule has 1 atom stereocenters. The molecule has 3 aromatic rings. The van der Waals surface area contributed by atoms with Gasteiger partial charge in [-0.2, -0.15) is 0 Å². The Hall–Kier alpha value is -4.20. The van der Waals surface area contributed by atoms with Gasteiger partial charge in [-0.1, -0.05) is 36.4 Å². The van der Waals surface area contributed by atoms with E-state index in [9.17, 15) is 9.59 Å². The summed E-state index contributed by atoms with van der Waals surface area (Å²) in [6.07, 6.45) is 1.17. The lowest BCUT2D eigenvalue weighted by atomic mass is 9.95. The fourth-order valence-corrected chi connectivity index (χ4v) is 4.60. The summed E-state index contributed by atoms with van der Waals surface area (Å²) in [6, 6.07) is 15.8. The van der Waals surface area contributed by atoms with Crippen LogP contribution < -0.4 is 35.0 Å². The van der Waals surface area contributed by atoms with E-state index in [-0.39, 0.29) is 20.1 Å². The summed E-state index contributed by atoms with van der Waals surface area (Å²) in [5.41, 5.74) is 3.87. The first kappa shape index (κ1) is 24.9. The molecule has 0 spiro atoms. The molecular formula is C28H34N2O6. The molecule has 0 saturated carbocycles. The molecule has 8 heteroatoms. The van der Waals surface area contributed by atoms with Gasteiger partial charge >= 0.3 is 6.03 Å². The van der Waals surface area contributed by atoms with Crippen LogP contribution in [0.3, 0.4) is 0 Å². The third kappa shape index (κ3) is 4.93. The number of nitrogens with one attached hydrogen (secondary N) is 2. The number of hydrogen-bond acceptors (Lipinski definition) is 6. The van der Waals surface area contributed by atoms with Crippen LogP contribution in [0.15, 0.2) is 59.4 Å². The van der Waals surface area contributed by atoms with Crippen LogP contribution in [-0.2, 0) is 13.0 Å². The maximum absolute atomic E-state index is 12.9.